The zero-order valence-corrected chi connectivity index (χ0v) is 57.6. The Morgan fingerprint density at radius 3 is 2.41 bits per heavy atom. The van der Waals surface area contributed by atoms with Gasteiger partial charge in [-0.25, -0.2) is 24.4 Å². The average Bonchev–Trinajstić information content (AvgIpc) is 0.771. The third-order valence-corrected chi connectivity index (χ3v) is 20.3. The fourth-order valence-electron chi connectivity index (χ4n) is 15.1. The quantitative estimate of drug-likeness (QED) is 0.0192. The van der Waals surface area contributed by atoms with Gasteiger partial charge in [-0.1, -0.05) is 44.2 Å². The number of aliphatic hydroxyl groups is 2. The van der Waals surface area contributed by atoms with E-state index < -0.39 is 72.5 Å². The van der Waals surface area contributed by atoms with Crippen molar-refractivity contribution in [3.63, 3.8) is 0 Å². The van der Waals surface area contributed by atoms with Crippen LogP contribution in [0.1, 0.15) is 109 Å². The van der Waals surface area contributed by atoms with Gasteiger partial charge in [-0.3, -0.25) is 34.1 Å². The zero-order chi connectivity index (χ0) is 71.0. The topological polar surface area (TPSA) is 352 Å². The fourth-order valence-corrected chi connectivity index (χ4v) is 16.0. The van der Waals surface area contributed by atoms with Gasteiger partial charge in [-0.2, -0.15) is 5.10 Å². The smallest absolute Gasteiger partial charge is 0.410 e. The number of aliphatic hydroxyl groups excluding tert-OH is 2. The summed E-state index contributed by atoms with van der Waals surface area (Å²) < 4.78 is 50.3. The Morgan fingerprint density at radius 1 is 0.870 bits per heavy atom. The van der Waals surface area contributed by atoms with Gasteiger partial charge in [0, 0.05) is 105 Å². The van der Waals surface area contributed by atoms with Gasteiger partial charge >= 0.3 is 18.0 Å². The molecule has 4 unspecified atom stereocenters. The third kappa shape index (κ3) is 16.5. The van der Waals surface area contributed by atoms with Crippen LogP contribution >= 0.6 is 11.3 Å². The van der Waals surface area contributed by atoms with Crippen LogP contribution in [0.3, 0.4) is 0 Å². The number of hydrogen-bond acceptors (Lipinski definition) is 22. The van der Waals surface area contributed by atoms with E-state index in [-0.39, 0.29) is 106 Å². The molecule has 6 aromatic rings. The summed E-state index contributed by atoms with van der Waals surface area (Å²) in [7, 11) is 3.13. The second-order valence-corrected chi connectivity index (χ2v) is 27.8. The summed E-state index contributed by atoms with van der Waals surface area (Å²) in [5.74, 6) is -2.91. The normalized spacial score (nSPS) is 23.3. The number of ether oxygens (including phenoxy) is 8. The lowest BCUT2D eigenvalue weighted by Crippen LogP contribution is -2.56. The molecule has 28 nitrogen and oxygen atoms in total. The molecule has 1 saturated heterocycles. The number of fused-ring (bicyclic) bond motifs is 4. The molecule has 0 radical (unpaired) electrons. The number of nitrogens with one attached hydrogen (secondary N) is 2. The van der Waals surface area contributed by atoms with Crippen LogP contribution in [0.2, 0.25) is 0 Å². The standard InChI is InChI=1S/C71H85N9O19S/c1-7-70(41-80-43(3)49(34-73-80)47-15-17-57(75-61(47)65(89)90)78-22-20-46-50(35-78)48(14-16-53(46)93-6)63(86)76-67-74-51-10-8-9-11-56(51)100-67)38-69(4)32-42(2)33-71(39-69,40-70)97-27-24-77(23-26-92-5)68(91)96-37-44-12-13-45(98-66-62(85)52(81)31-55(99-66)64(87)88)30-54(44)95-29-28-94-25-21-72-58(82)36-79-59(83)18-19-60(79)84/h8-19,30,34,42,52,55,62,66,81,85H,7,20-29,31-33,35-41H2,1-6H3,(H,72,82)(H,87,88)(H,89,90)(H,74,76,86)/t42?,52-,55-,62+,66+,69?,70?,71?/m0/s1. The van der Waals surface area contributed by atoms with Crippen LogP contribution in [0.4, 0.5) is 15.7 Å². The molecule has 534 valence electrons. The number of methoxy groups -OCH3 is 2. The van der Waals surface area contributed by atoms with Gasteiger partial charge in [0.2, 0.25) is 12.2 Å². The first-order chi connectivity index (χ1) is 48.0. The Kier molecular flexibility index (Phi) is 22.5. The van der Waals surface area contributed by atoms with Gasteiger partial charge in [0.15, 0.2) is 16.9 Å². The number of aromatic nitrogens is 4. The number of amides is 5. The van der Waals surface area contributed by atoms with Crippen molar-refractivity contribution in [3.05, 3.63) is 119 Å². The largest absolute Gasteiger partial charge is 0.496 e. The summed E-state index contributed by atoms with van der Waals surface area (Å²) in [5, 5.41) is 52.6. The molecule has 3 fully saturated rings. The van der Waals surface area contributed by atoms with Crippen LogP contribution in [-0.4, -0.2) is 202 Å². The molecule has 2 saturated carbocycles. The first-order valence-corrected chi connectivity index (χ1v) is 34.3. The number of para-hydroxylation sites is 1. The molecule has 0 spiro atoms. The number of benzene rings is 3. The van der Waals surface area contributed by atoms with Crippen molar-refractivity contribution in [1.82, 2.24) is 34.9 Å². The van der Waals surface area contributed by atoms with Gasteiger partial charge in [-0.15, -0.1) is 0 Å². The highest BCUT2D eigenvalue weighted by atomic mass is 32.1. The van der Waals surface area contributed by atoms with E-state index in [4.69, 9.17) is 48.0 Å². The lowest BCUT2D eigenvalue weighted by molar-refractivity contribution is -0.238. The molecular weight excluding hydrogens is 1310 g/mol. The SMILES string of the molecule is CCC1(Cn2ncc(-c3ccc(N4CCc5c(OC)ccc(C(=O)Nc6nc7ccccc7s6)c5C4)nc3C(=O)O)c2C)CC2(C)CC(C)CC(OCCN(CCOC)C(=O)OCc3ccc(O[C@@H]4O[C@H](C(=O)O)C[C@H](O)[C@H]4O)cc3OCCOCCNC(=O)CN3C(=O)C=CC3=O)(C2)C1. The van der Waals surface area contributed by atoms with E-state index in [0.717, 1.165) is 76.2 Å². The van der Waals surface area contributed by atoms with Crippen LogP contribution in [-0.2, 0) is 69.0 Å². The van der Waals surface area contributed by atoms with Crippen LogP contribution in [0.15, 0.2) is 85.1 Å². The number of hydrogen-bond donors (Lipinski definition) is 6. The molecule has 6 N–H and O–H groups in total. The Balaban J connectivity index is 0.743. The summed E-state index contributed by atoms with van der Waals surface area (Å²) in [6, 6.07) is 19.3. The van der Waals surface area contributed by atoms with Crippen LogP contribution in [0, 0.1) is 23.7 Å². The summed E-state index contributed by atoms with van der Waals surface area (Å²) in [6.07, 6.45) is 2.34. The van der Waals surface area contributed by atoms with Crippen molar-refractivity contribution in [2.24, 2.45) is 16.7 Å². The molecule has 3 aromatic carbocycles. The molecule has 3 aromatic heterocycles. The van der Waals surface area contributed by atoms with Crippen LogP contribution < -0.4 is 29.7 Å². The predicted octanol–water partition coefficient (Wildman–Crippen LogP) is 7.18. The number of rotatable bonds is 30. The fraction of sp³-hybridized carbons (Fsp3) is 0.493. The molecule has 100 heavy (non-hydrogen) atoms. The summed E-state index contributed by atoms with van der Waals surface area (Å²) in [5.41, 5.74) is 4.06. The highest BCUT2D eigenvalue weighted by Crippen LogP contribution is 2.61. The lowest BCUT2D eigenvalue weighted by atomic mass is 9.50. The number of aromatic carboxylic acids is 1. The van der Waals surface area contributed by atoms with Crippen molar-refractivity contribution in [2.45, 2.75) is 129 Å². The summed E-state index contributed by atoms with van der Waals surface area (Å²) in [4.78, 5) is 103. The highest BCUT2D eigenvalue weighted by Gasteiger charge is 2.57. The number of aliphatic carboxylic acids is 1. The highest BCUT2D eigenvalue weighted by molar-refractivity contribution is 7.22. The minimum absolute atomic E-state index is 0.00940. The Morgan fingerprint density at radius 2 is 1.66 bits per heavy atom. The van der Waals surface area contributed by atoms with Crippen molar-refractivity contribution in [1.29, 1.82) is 0 Å². The third-order valence-electron chi connectivity index (χ3n) is 19.4. The number of carbonyl (C=O) groups excluding carboxylic acids is 5. The molecule has 8 atom stereocenters. The summed E-state index contributed by atoms with van der Waals surface area (Å²) in [6.45, 7) is 10.1. The van der Waals surface area contributed by atoms with E-state index in [0.29, 0.717) is 70.8 Å². The minimum Gasteiger partial charge on any atom is -0.496 e. The molecule has 3 aliphatic heterocycles. The van der Waals surface area contributed by atoms with Crippen molar-refractivity contribution in [2.75, 3.05) is 90.2 Å². The van der Waals surface area contributed by atoms with Gasteiger partial charge in [-0.05, 0) is 123 Å². The van der Waals surface area contributed by atoms with Crippen molar-refractivity contribution in [3.8, 4) is 28.4 Å². The number of imide groups is 1. The van der Waals surface area contributed by atoms with Crippen LogP contribution in [0.25, 0.3) is 21.3 Å². The lowest BCUT2D eigenvalue weighted by Gasteiger charge is -2.59. The molecule has 5 aliphatic rings. The van der Waals surface area contributed by atoms with Gasteiger partial charge < -0.3 is 73.4 Å². The van der Waals surface area contributed by atoms with E-state index >= 15 is 0 Å². The van der Waals surface area contributed by atoms with E-state index in [1.54, 1.807) is 37.6 Å². The minimum atomic E-state index is -1.59. The first kappa shape index (κ1) is 72.2. The molecule has 6 heterocycles. The van der Waals surface area contributed by atoms with Gasteiger partial charge in [0.25, 0.3) is 17.7 Å². The maximum Gasteiger partial charge on any atom is 0.410 e. The number of anilines is 2. The second-order valence-electron chi connectivity index (χ2n) is 26.7. The molecule has 29 heteroatoms. The number of pyridine rings is 1. The van der Waals surface area contributed by atoms with Crippen LogP contribution in [0.5, 0.6) is 17.2 Å². The van der Waals surface area contributed by atoms with E-state index in [9.17, 15) is 54.0 Å². The molecule has 2 bridgehead atoms. The first-order valence-electron chi connectivity index (χ1n) is 33.5. The summed E-state index contributed by atoms with van der Waals surface area (Å²) >= 11 is 1.39. The average molecular weight is 1400 g/mol. The number of carboxylic acids is 2. The van der Waals surface area contributed by atoms with Crippen molar-refractivity contribution >= 4 is 74.2 Å². The Labute approximate surface area is 581 Å². The number of nitrogens with zero attached hydrogens (tertiary/aromatic N) is 7. The molecule has 5 amide bonds. The van der Waals surface area contributed by atoms with Gasteiger partial charge in [0.1, 0.15) is 48.9 Å². The monoisotopic (exact) mass is 1400 g/mol. The number of carbonyl (C=O) groups is 7. The Hall–Kier alpha value is -9.10. The van der Waals surface area contributed by atoms with Gasteiger partial charge in [0.05, 0.1) is 61.7 Å². The number of thiazole rings is 1. The molecular formula is C71H85N9O19S. The second kappa shape index (κ2) is 31.2. The van der Waals surface area contributed by atoms with E-state index in [1.807, 2.05) is 46.8 Å². The Bertz CT molecular complexity index is 4020. The maximum atomic E-state index is 14.2. The molecule has 11 rings (SSSR count). The zero-order valence-electron chi connectivity index (χ0n) is 56.8. The predicted molar refractivity (Wildman–Crippen MR) is 363 cm³/mol. The van der Waals surface area contributed by atoms with Crippen molar-refractivity contribution < 1.29 is 91.9 Å². The maximum absolute atomic E-state index is 14.2. The van der Waals surface area contributed by atoms with E-state index in [2.05, 4.69) is 36.4 Å². The number of carboxylic acid groups (broad SMARTS) is 2. The van der Waals surface area contributed by atoms with E-state index in [1.165, 1.54) is 35.5 Å². The molecule has 2 aliphatic carbocycles.